The van der Waals surface area contributed by atoms with Crippen LogP contribution >= 0.6 is 12.2 Å². The highest BCUT2D eigenvalue weighted by molar-refractivity contribution is 7.71. The van der Waals surface area contributed by atoms with Gasteiger partial charge in [-0.2, -0.15) is 5.10 Å². The predicted molar refractivity (Wildman–Crippen MR) is 101 cm³/mol. The molecule has 0 saturated heterocycles. The van der Waals surface area contributed by atoms with Gasteiger partial charge in [0.05, 0.1) is 19.5 Å². The quantitative estimate of drug-likeness (QED) is 0.603. The van der Waals surface area contributed by atoms with Crippen LogP contribution in [0.1, 0.15) is 12.5 Å². The minimum Gasteiger partial charge on any atom is -0.497 e. The molecule has 0 aliphatic carbocycles. The molecule has 0 fully saturated rings. The summed E-state index contributed by atoms with van der Waals surface area (Å²) < 4.78 is 9.70. The standard InChI is InChI=1S/C19H22N4OS/c1-3-21(13-16-8-5-4-6-9-16)15-23-19(25)22(14-20-23)17-10-7-11-18(12-17)24-2/h4-12,14H,3,13,15H2,1-2H3. The summed E-state index contributed by atoms with van der Waals surface area (Å²) in [5, 5.41) is 4.47. The molecular formula is C19H22N4OS. The van der Waals surface area contributed by atoms with E-state index in [0.717, 1.165) is 24.5 Å². The molecule has 0 radical (unpaired) electrons. The molecule has 0 aliphatic rings. The van der Waals surface area contributed by atoms with Gasteiger partial charge in [-0.15, -0.1) is 0 Å². The van der Waals surface area contributed by atoms with E-state index in [0.29, 0.717) is 11.4 Å². The van der Waals surface area contributed by atoms with Crippen LogP contribution in [0, 0.1) is 4.77 Å². The summed E-state index contributed by atoms with van der Waals surface area (Å²) in [7, 11) is 1.66. The third-order valence-corrected chi connectivity index (χ3v) is 4.50. The number of methoxy groups -OCH3 is 1. The van der Waals surface area contributed by atoms with Gasteiger partial charge in [0, 0.05) is 12.6 Å². The van der Waals surface area contributed by atoms with Gasteiger partial charge in [-0.25, -0.2) is 4.68 Å². The lowest BCUT2D eigenvalue weighted by Gasteiger charge is -2.20. The largest absolute Gasteiger partial charge is 0.497 e. The summed E-state index contributed by atoms with van der Waals surface area (Å²) in [6.07, 6.45) is 1.76. The van der Waals surface area contributed by atoms with E-state index in [-0.39, 0.29) is 0 Å². The van der Waals surface area contributed by atoms with Gasteiger partial charge in [0.25, 0.3) is 0 Å². The van der Waals surface area contributed by atoms with Gasteiger partial charge < -0.3 is 4.74 Å². The van der Waals surface area contributed by atoms with Crippen LogP contribution in [0.3, 0.4) is 0 Å². The SMILES string of the molecule is CCN(Cc1ccccc1)Cn1ncn(-c2cccc(OC)c2)c1=S. The lowest BCUT2D eigenvalue weighted by Crippen LogP contribution is -2.26. The lowest BCUT2D eigenvalue weighted by molar-refractivity contribution is 0.207. The first-order valence-electron chi connectivity index (χ1n) is 8.26. The zero-order chi connectivity index (χ0) is 17.6. The zero-order valence-electron chi connectivity index (χ0n) is 14.5. The van der Waals surface area contributed by atoms with E-state index in [1.165, 1.54) is 5.56 Å². The summed E-state index contributed by atoms with van der Waals surface area (Å²) in [6.45, 7) is 4.58. The minimum atomic E-state index is 0.654. The van der Waals surface area contributed by atoms with Crippen molar-refractivity contribution in [2.45, 2.75) is 20.1 Å². The highest BCUT2D eigenvalue weighted by atomic mass is 32.1. The molecule has 0 aliphatic heterocycles. The van der Waals surface area contributed by atoms with Gasteiger partial charge in [0.15, 0.2) is 0 Å². The highest BCUT2D eigenvalue weighted by Gasteiger charge is 2.09. The van der Waals surface area contributed by atoms with Gasteiger partial charge >= 0.3 is 0 Å². The fourth-order valence-electron chi connectivity index (χ4n) is 2.66. The van der Waals surface area contributed by atoms with Crippen molar-refractivity contribution in [2.75, 3.05) is 13.7 Å². The van der Waals surface area contributed by atoms with Crippen molar-refractivity contribution in [2.24, 2.45) is 0 Å². The second-order valence-electron chi connectivity index (χ2n) is 5.76. The van der Waals surface area contributed by atoms with Crippen molar-refractivity contribution in [1.29, 1.82) is 0 Å². The summed E-state index contributed by atoms with van der Waals surface area (Å²) >= 11 is 5.61. The first kappa shape index (κ1) is 17.4. The van der Waals surface area contributed by atoms with Crippen molar-refractivity contribution in [3.63, 3.8) is 0 Å². The second kappa shape index (κ2) is 8.09. The topological polar surface area (TPSA) is 35.2 Å². The Balaban J connectivity index is 1.79. The zero-order valence-corrected chi connectivity index (χ0v) is 15.3. The molecule has 0 N–H and O–H groups in total. The molecule has 2 aromatic carbocycles. The monoisotopic (exact) mass is 354 g/mol. The molecule has 0 spiro atoms. The molecule has 6 heteroatoms. The van der Waals surface area contributed by atoms with Crippen LogP contribution in [0.15, 0.2) is 60.9 Å². The van der Waals surface area contributed by atoms with Gasteiger partial charge in [-0.3, -0.25) is 9.47 Å². The first-order valence-corrected chi connectivity index (χ1v) is 8.67. The Morgan fingerprint density at radius 1 is 1.12 bits per heavy atom. The normalized spacial score (nSPS) is 11.0. The molecule has 5 nitrogen and oxygen atoms in total. The van der Waals surface area contributed by atoms with Crippen LogP contribution < -0.4 is 4.74 Å². The van der Waals surface area contributed by atoms with Crippen LogP contribution in [0.5, 0.6) is 5.75 Å². The van der Waals surface area contributed by atoms with Crippen LogP contribution in [0.25, 0.3) is 5.69 Å². The van der Waals surface area contributed by atoms with Crippen molar-refractivity contribution < 1.29 is 4.74 Å². The summed E-state index contributed by atoms with van der Waals surface area (Å²) in [5.74, 6) is 0.798. The average molecular weight is 354 g/mol. The predicted octanol–water partition coefficient (Wildman–Crippen LogP) is 3.89. The Labute approximate surface area is 153 Å². The number of aromatic nitrogens is 3. The molecule has 3 aromatic rings. The van der Waals surface area contributed by atoms with Gasteiger partial charge in [-0.05, 0) is 36.5 Å². The van der Waals surface area contributed by atoms with E-state index >= 15 is 0 Å². The Morgan fingerprint density at radius 3 is 2.64 bits per heavy atom. The Bertz CT molecular complexity index is 872. The van der Waals surface area contributed by atoms with E-state index in [9.17, 15) is 0 Å². The molecule has 25 heavy (non-hydrogen) atoms. The number of nitrogens with zero attached hydrogens (tertiary/aromatic N) is 4. The number of hydrogen-bond acceptors (Lipinski definition) is 4. The Kier molecular flexibility index (Phi) is 5.63. The maximum Gasteiger partial charge on any atom is 0.203 e. The summed E-state index contributed by atoms with van der Waals surface area (Å²) in [4.78, 5) is 2.30. The van der Waals surface area contributed by atoms with Gasteiger partial charge in [0.1, 0.15) is 12.1 Å². The molecule has 0 amide bonds. The van der Waals surface area contributed by atoms with Crippen molar-refractivity contribution >= 4 is 12.2 Å². The van der Waals surface area contributed by atoms with E-state index in [2.05, 4.69) is 41.2 Å². The maximum atomic E-state index is 5.61. The Hall–Kier alpha value is -2.44. The third-order valence-electron chi connectivity index (χ3n) is 4.10. The fraction of sp³-hybridized carbons (Fsp3) is 0.263. The molecule has 0 bridgehead atoms. The maximum absolute atomic E-state index is 5.61. The first-order chi connectivity index (χ1) is 12.2. The molecule has 1 aromatic heterocycles. The smallest absolute Gasteiger partial charge is 0.203 e. The average Bonchev–Trinajstić information content (AvgIpc) is 3.02. The summed E-state index contributed by atoms with van der Waals surface area (Å²) in [5.41, 5.74) is 2.23. The van der Waals surface area contributed by atoms with Crippen molar-refractivity contribution in [1.82, 2.24) is 19.2 Å². The number of hydrogen-bond donors (Lipinski definition) is 0. The highest BCUT2D eigenvalue weighted by Crippen LogP contribution is 2.17. The molecule has 0 atom stereocenters. The fourth-order valence-corrected chi connectivity index (χ4v) is 2.92. The summed E-state index contributed by atoms with van der Waals surface area (Å²) in [6, 6.07) is 18.2. The van der Waals surface area contributed by atoms with Crippen LogP contribution in [0.2, 0.25) is 0 Å². The molecule has 0 saturated carbocycles. The van der Waals surface area contributed by atoms with E-state index in [1.54, 1.807) is 13.4 Å². The number of benzene rings is 2. The van der Waals surface area contributed by atoms with Crippen LogP contribution in [-0.4, -0.2) is 32.9 Å². The third kappa shape index (κ3) is 4.15. The van der Waals surface area contributed by atoms with Crippen molar-refractivity contribution in [3.05, 3.63) is 71.3 Å². The minimum absolute atomic E-state index is 0.654. The van der Waals surface area contributed by atoms with E-state index in [1.807, 2.05) is 39.6 Å². The second-order valence-corrected chi connectivity index (χ2v) is 6.12. The van der Waals surface area contributed by atoms with Crippen molar-refractivity contribution in [3.8, 4) is 11.4 Å². The molecule has 3 rings (SSSR count). The van der Waals surface area contributed by atoms with Gasteiger partial charge in [0.2, 0.25) is 4.77 Å². The van der Waals surface area contributed by atoms with E-state index in [4.69, 9.17) is 17.0 Å². The van der Waals surface area contributed by atoms with Crippen LogP contribution in [0.4, 0.5) is 0 Å². The molecule has 130 valence electrons. The molecule has 1 heterocycles. The lowest BCUT2D eigenvalue weighted by atomic mass is 10.2. The molecule has 0 unspecified atom stereocenters. The van der Waals surface area contributed by atoms with Gasteiger partial charge in [-0.1, -0.05) is 43.3 Å². The number of rotatable bonds is 7. The molecular weight excluding hydrogens is 332 g/mol. The number of ether oxygens (including phenoxy) is 1. The van der Waals surface area contributed by atoms with E-state index < -0.39 is 0 Å². The van der Waals surface area contributed by atoms with Crippen LogP contribution in [-0.2, 0) is 13.2 Å². The Morgan fingerprint density at radius 2 is 1.92 bits per heavy atom.